The SMILES string of the molecule is CCCC[C@H](NC(=O)[C@H](Cc1cccc2ccccc12)CS(=O)(=O)CC)C(=O)N[C@@H](CC1CCCCC1)[C@@H](O)[C@@H](O)CN(CC)CC. The summed E-state index contributed by atoms with van der Waals surface area (Å²) < 4.78 is 25.7. The smallest absolute Gasteiger partial charge is 0.242 e. The van der Waals surface area contributed by atoms with E-state index in [9.17, 15) is 28.2 Å². The van der Waals surface area contributed by atoms with E-state index in [-0.39, 0.29) is 17.9 Å². The molecule has 264 valence electrons. The molecule has 0 aromatic heterocycles. The van der Waals surface area contributed by atoms with Crippen LogP contribution in [-0.4, -0.2) is 90.8 Å². The van der Waals surface area contributed by atoms with Crippen molar-refractivity contribution in [3.05, 3.63) is 48.0 Å². The molecule has 0 aliphatic heterocycles. The average molecular weight is 674 g/mol. The van der Waals surface area contributed by atoms with Crippen LogP contribution in [0.4, 0.5) is 0 Å². The summed E-state index contributed by atoms with van der Waals surface area (Å²) in [5.74, 6) is -1.84. The highest BCUT2D eigenvalue weighted by atomic mass is 32.2. The summed E-state index contributed by atoms with van der Waals surface area (Å²) in [6.45, 7) is 9.36. The van der Waals surface area contributed by atoms with Crippen molar-refractivity contribution in [2.45, 2.75) is 116 Å². The Morgan fingerprint density at radius 3 is 2.26 bits per heavy atom. The van der Waals surface area contributed by atoms with Gasteiger partial charge in [-0.15, -0.1) is 0 Å². The van der Waals surface area contributed by atoms with Crippen LogP contribution >= 0.6 is 0 Å². The molecule has 1 saturated carbocycles. The Bertz CT molecular complexity index is 1350. The van der Waals surface area contributed by atoms with Crippen LogP contribution < -0.4 is 10.6 Å². The number of fused-ring (bicyclic) bond motifs is 1. The minimum Gasteiger partial charge on any atom is -0.389 e. The molecule has 1 aliphatic rings. The van der Waals surface area contributed by atoms with Gasteiger partial charge in [-0.1, -0.05) is 115 Å². The Morgan fingerprint density at radius 1 is 0.915 bits per heavy atom. The molecule has 0 radical (unpaired) electrons. The molecule has 5 atom stereocenters. The van der Waals surface area contributed by atoms with E-state index in [1.807, 2.05) is 68.1 Å². The lowest BCUT2D eigenvalue weighted by molar-refractivity contribution is -0.132. The van der Waals surface area contributed by atoms with E-state index in [0.717, 1.165) is 61.5 Å². The van der Waals surface area contributed by atoms with E-state index in [0.29, 0.717) is 31.7 Å². The highest BCUT2D eigenvalue weighted by Gasteiger charge is 2.34. The van der Waals surface area contributed by atoms with Gasteiger partial charge in [0.1, 0.15) is 12.1 Å². The topological polar surface area (TPSA) is 136 Å². The number of hydrogen-bond donors (Lipinski definition) is 4. The standard InChI is InChI=1S/C37H59N3O6S/c1-5-9-22-32(37(44)39-33(23-27-16-11-10-12-17-27)35(42)34(41)25-40(6-2)7-3)38-36(43)30(26-47(45,46)8-4)24-29-20-15-19-28-18-13-14-21-31(28)29/h13-15,18-21,27,30,32-35,41-42H,5-12,16-17,22-26H2,1-4H3,(H,38,43)(H,39,44)/t30-,32+,33+,34+,35-/m1/s1. The molecule has 9 nitrogen and oxygen atoms in total. The van der Waals surface area contributed by atoms with Crippen molar-refractivity contribution in [1.82, 2.24) is 15.5 Å². The van der Waals surface area contributed by atoms with Crippen LogP contribution in [0.2, 0.25) is 0 Å². The van der Waals surface area contributed by atoms with Gasteiger partial charge in [-0.05, 0) is 54.6 Å². The first-order valence-corrected chi connectivity index (χ1v) is 19.7. The number of nitrogens with one attached hydrogen (secondary N) is 2. The van der Waals surface area contributed by atoms with Crippen LogP contribution in [0.3, 0.4) is 0 Å². The molecule has 47 heavy (non-hydrogen) atoms. The summed E-state index contributed by atoms with van der Waals surface area (Å²) in [4.78, 5) is 29.9. The Hall–Kier alpha value is -2.53. The van der Waals surface area contributed by atoms with Crippen molar-refractivity contribution in [2.75, 3.05) is 31.1 Å². The molecule has 0 unspecified atom stereocenters. The van der Waals surface area contributed by atoms with E-state index < -0.39 is 51.9 Å². The number of sulfone groups is 1. The van der Waals surface area contributed by atoms with Crippen LogP contribution in [0.1, 0.15) is 91.0 Å². The minimum absolute atomic E-state index is 0.0807. The number of aliphatic hydroxyl groups is 2. The third kappa shape index (κ3) is 12.1. The highest BCUT2D eigenvalue weighted by molar-refractivity contribution is 7.91. The van der Waals surface area contributed by atoms with Gasteiger partial charge in [0.2, 0.25) is 11.8 Å². The molecule has 0 bridgehead atoms. The first kappa shape index (κ1) is 38.9. The van der Waals surface area contributed by atoms with Crippen molar-refractivity contribution >= 4 is 32.4 Å². The van der Waals surface area contributed by atoms with Crippen LogP contribution in [-0.2, 0) is 25.8 Å². The third-order valence-corrected chi connectivity index (χ3v) is 11.7. The number of hydrogen-bond acceptors (Lipinski definition) is 7. The molecular formula is C37H59N3O6S. The van der Waals surface area contributed by atoms with E-state index in [1.54, 1.807) is 6.92 Å². The molecule has 1 aliphatic carbocycles. The Balaban J connectivity index is 1.85. The van der Waals surface area contributed by atoms with E-state index in [4.69, 9.17) is 0 Å². The van der Waals surface area contributed by atoms with Crippen LogP contribution in [0.15, 0.2) is 42.5 Å². The Morgan fingerprint density at radius 2 is 1.60 bits per heavy atom. The maximum Gasteiger partial charge on any atom is 0.242 e. The number of nitrogens with zero attached hydrogens (tertiary/aromatic N) is 1. The van der Waals surface area contributed by atoms with Crippen molar-refractivity contribution in [1.29, 1.82) is 0 Å². The van der Waals surface area contributed by atoms with Gasteiger partial charge in [-0.3, -0.25) is 9.59 Å². The normalized spacial score (nSPS) is 17.6. The zero-order valence-corrected chi connectivity index (χ0v) is 29.8. The average Bonchev–Trinajstić information content (AvgIpc) is 3.08. The number of benzene rings is 2. The molecule has 3 rings (SSSR count). The van der Waals surface area contributed by atoms with Crippen LogP contribution in [0.5, 0.6) is 0 Å². The molecule has 0 spiro atoms. The molecular weight excluding hydrogens is 614 g/mol. The first-order valence-electron chi connectivity index (χ1n) is 17.9. The molecule has 0 heterocycles. The maximum atomic E-state index is 13.9. The second-order valence-corrected chi connectivity index (χ2v) is 15.7. The van der Waals surface area contributed by atoms with Crippen LogP contribution in [0.25, 0.3) is 10.8 Å². The quantitative estimate of drug-likeness (QED) is 0.161. The fourth-order valence-electron chi connectivity index (χ4n) is 6.83. The second-order valence-electron chi connectivity index (χ2n) is 13.3. The first-order chi connectivity index (χ1) is 22.5. The fourth-order valence-corrected chi connectivity index (χ4v) is 7.94. The molecule has 2 aromatic carbocycles. The van der Waals surface area contributed by atoms with Gasteiger partial charge in [-0.2, -0.15) is 0 Å². The van der Waals surface area contributed by atoms with Crippen LogP contribution in [0, 0.1) is 11.8 Å². The van der Waals surface area contributed by atoms with Crippen molar-refractivity contribution in [3.63, 3.8) is 0 Å². The van der Waals surface area contributed by atoms with E-state index in [2.05, 4.69) is 10.6 Å². The lowest BCUT2D eigenvalue weighted by Crippen LogP contribution is -2.57. The van der Waals surface area contributed by atoms with Gasteiger partial charge in [0.15, 0.2) is 9.84 Å². The summed E-state index contributed by atoms with van der Waals surface area (Å²) >= 11 is 0. The summed E-state index contributed by atoms with van der Waals surface area (Å²) in [6.07, 6.45) is 5.85. The summed E-state index contributed by atoms with van der Waals surface area (Å²) in [5.41, 5.74) is 0.877. The van der Waals surface area contributed by atoms with Gasteiger partial charge in [0.05, 0.1) is 23.8 Å². The van der Waals surface area contributed by atoms with Gasteiger partial charge in [0.25, 0.3) is 0 Å². The summed E-state index contributed by atoms with van der Waals surface area (Å²) in [6, 6.07) is 12.1. The lowest BCUT2D eigenvalue weighted by atomic mass is 9.83. The number of likely N-dealkylation sites (N-methyl/N-ethyl adjacent to an activating group) is 1. The molecule has 4 N–H and O–H groups in total. The Labute approximate surface area is 282 Å². The van der Waals surface area contributed by atoms with Crippen molar-refractivity contribution in [3.8, 4) is 0 Å². The van der Waals surface area contributed by atoms with Gasteiger partial charge >= 0.3 is 0 Å². The molecule has 10 heteroatoms. The predicted molar refractivity (Wildman–Crippen MR) is 190 cm³/mol. The van der Waals surface area contributed by atoms with Gasteiger partial charge in [-0.25, -0.2) is 8.42 Å². The number of aliphatic hydroxyl groups excluding tert-OH is 2. The van der Waals surface area contributed by atoms with Gasteiger partial charge < -0.3 is 25.7 Å². The second kappa shape index (κ2) is 19.5. The number of rotatable bonds is 20. The number of carbonyl (C=O) groups excluding carboxylic acids is 2. The maximum absolute atomic E-state index is 13.9. The molecule has 2 aromatic rings. The zero-order valence-electron chi connectivity index (χ0n) is 29.0. The molecule has 1 fully saturated rings. The van der Waals surface area contributed by atoms with Crippen molar-refractivity contribution < 1.29 is 28.2 Å². The van der Waals surface area contributed by atoms with E-state index >= 15 is 0 Å². The molecule has 2 amide bonds. The predicted octanol–water partition coefficient (Wildman–Crippen LogP) is 4.63. The number of unbranched alkanes of at least 4 members (excludes halogenated alkanes) is 1. The monoisotopic (exact) mass is 673 g/mol. The van der Waals surface area contributed by atoms with Gasteiger partial charge in [0, 0.05) is 12.3 Å². The lowest BCUT2D eigenvalue weighted by Gasteiger charge is -2.34. The zero-order chi connectivity index (χ0) is 34.4. The fraction of sp³-hybridized carbons (Fsp3) is 0.676. The highest BCUT2D eigenvalue weighted by Crippen LogP contribution is 2.29. The van der Waals surface area contributed by atoms with E-state index in [1.165, 1.54) is 6.42 Å². The minimum atomic E-state index is -3.51. The largest absolute Gasteiger partial charge is 0.389 e. The summed E-state index contributed by atoms with van der Waals surface area (Å²) in [5, 5.41) is 30.4. The molecule has 0 saturated heterocycles. The summed E-state index contributed by atoms with van der Waals surface area (Å²) in [7, 11) is -3.51. The number of amides is 2. The Kier molecular flexibility index (Phi) is 16.1. The van der Waals surface area contributed by atoms with Crippen molar-refractivity contribution in [2.24, 2.45) is 11.8 Å². The third-order valence-electron chi connectivity index (χ3n) is 9.88. The number of carbonyl (C=O) groups is 2.